The Morgan fingerprint density at radius 1 is 0.429 bits per heavy atom. The lowest BCUT2D eigenvalue weighted by Crippen LogP contribution is -2.16. The molecule has 5 heteroatoms. The van der Waals surface area contributed by atoms with Crippen LogP contribution in [-0.2, 0) is 5.41 Å². The van der Waals surface area contributed by atoms with E-state index in [4.69, 9.17) is 19.4 Å². The first kappa shape index (κ1) is 36.9. The van der Waals surface area contributed by atoms with Gasteiger partial charge in [-0.1, -0.05) is 173 Å². The van der Waals surface area contributed by atoms with Gasteiger partial charge in [-0.25, -0.2) is 4.98 Å². The molecule has 0 N–H and O–H groups in total. The maximum absolute atomic E-state index is 6.40. The topological polar surface area (TPSA) is 56.7 Å². The lowest BCUT2D eigenvalue weighted by atomic mass is 9.78. The van der Waals surface area contributed by atoms with Gasteiger partial charge in [0.05, 0.1) is 11.0 Å². The summed E-state index contributed by atoms with van der Waals surface area (Å²) in [5.41, 5.74) is 12.9. The molecule has 0 unspecified atom stereocenters. The number of hydrogen-bond acceptors (Lipinski definition) is 4. The van der Waals surface area contributed by atoms with Gasteiger partial charge >= 0.3 is 0 Å². The third-order valence-electron chi connectivity index (χ3n) is 13.0. The van der Waals surface area contributed by atoms with Gasteiger partial charge in [-0.15, -0.1) is 0 Å². The van der Waals surface area contributed by atoms with E-state index in [1.54, 1.807) is 0 Å². The smallest absolute Gasteiger partial charge is 0.238 e. The Morgan fingerprint density at radius 2 is 1.00 bits per heavy atom. The van der Waals surface area contributed by atoms with Gasteiger partial charge in [-0.05, 0) is 85.8 Å². The second-order valence-electron chi connectivity index (χ2n) is 16.8. The van der Waals surface area contributed by atoms with Gasteiger partial charge in [0.15, 0.2) is 11.6 Å². The molecule has 0 bridgehead atoms. The van der Waals surface area contributed by atoms with Crippen LogP contribution in [0.3, 0.4) is 0 Å². The molecule has 63 heavy (non-hydrogen) atoms. The maximum atomic E-state index is 6.40. The molecule has 0 atom stereocenters. The van der Waals surface area contributed by atoms with Gasteiger partial charge in [0.2, 0.25) is 5.95 Å². The van der Waals surface area contributed by atoms with Crippen LogP contribution in [-0.4, -0.2) is 19.5 Å². The first-order valence-corrected chi connectivity index (χ1v) is 21.8. The highest BCUT2D eigenvalue weighted by Gasteiger charge is 2.38. The number of hydrogen-bond donors (Lipinski definition) is 0. The van der Waals surface area contributed by atoms with Crippen LogP contribution >= 0.6 is 0 Å². The molecule has 5 nitrogen and oxygen atoms in total. The molecule has 0 saturated heterocycles. The van der Waals surface area contributed by atoms with Crippen molar-refractivity contribution < 1.29 is 4.42 Å². The SMILES string of the molecule is CC.CC1(C)c2ccccc2-c2cccc(-c3cccc4c5cc6ccccc6cc5n(-c5nc(-c6ccc7ccccc7c6)nc(-c6ccc7c(c6)oc6ccccc67)n5)c34)c21. The fourth-order valence-electron chi connectivity index (χ4n) is 10.2. The monoisotopic (exact) mass is 810 g/mol. The maximum Gasteiger partial charge on any atom is 0.238 e. The van der Waals surface area contributed by atoms with Gasteiger partial charge < -0.3 is 4.42 Å². The van der Waals surface area contributed by atoms with E-state index in [1.807, 2.05) is 32.0 Å². The van der Waals surface area contributed by atoms with Gasteiger partial charge in [0.25, 0.3) is 0 Å². The fraction of sp³-hybridized carbons (Fsp3) is 0.0862. The van der Waals surface area contributed by atoms with Crippen molar-refractivity contribution in [3.63, 3.8) is 0 Å². The van der Waals surface area contributed by atoms with Crippen LogP contribution in [0.1, 0.15) is 38.8 Å². The Labute approximate surface area is 365 Å². The first-order chi connectivity index (χ1) is 31.0. The summed E-state index contributed by atoms with van der Waals surface area (Å²) >= 11 is 0. The van der Waals surface area contributed by atoms with Crippen molar-refractivity contribution in [1.29, 1.82) is 0 Å². The molecule has 0 aliphatic heterocycles. The highest BCUT2D eigenvalue weighted by Crippen LogP contribution is 2.53. The molecular weight excluding hydrogens is 769 g/mol. The third-order valence-corrected chi connectivity index (χ3v) is 13.0. The summed E-state index contributed by atoms with van der Waals surface area (Å²) in [6, 6.07) is 64.9. The molecule has 0 radical (unpaired) electrons. The van der Waals surface area contributed by atoms with Crippen molar-refractivity contribution in [2.24, 2.45) is 0 Å². The van der Waals surface area contributed by atoms with E-state index in [2.05, 4.69) is 182 Å². The highest BCUT2D eigenvalue weighted by molar-refractivity contribution is 6.17. The first-order valence-electron chi connectivity index (χ1n) is 21.8. The normalized spacial score (nSPS) is 12.9. The van der Waals surface area contributed by atoms with Crippen LogP contribution in [0.25, 0.3) is 116 Å². The van der Waals surface area contributed by atoms with Crippen molar-refractivity contribution >= 4 is 65.3 Å². The summed E-state index contributed by atoms with van der Waals surface area (Å²) in [6.45, 7) is 8.72. The number of benzene rings is 9. The summed E-state index contributed by atoms with van der Waals surface area (Å²) in [7, 11) is 0. The van der Waals surface area contributed by atoms with Crippen molar-refractivity contribution in [1.82, 2.24) is 19.5 Å². The van der Waals surface area contributed by atoms with Crippen LogP contribution in [0.2, 0.25) is 0 Å². The zero-order chi connectivity index (χ0) is 42.4. The van der Waals surface area contributed by atoms with Gasteiger partial charge in [0.1, 0.15) is 11.2 Å². The second-order valence-corrected chi connectivity index (χ2v) is 16.8. The largest absolute Gasteiger partial charge is 0.456 e. The van der Waals surface area contributed by atoms with Crippen LogP contribution in [0.5, 0.6) is 0 Å². The van der Waals surface area contributed by atoms with Crippen molar-refractivity contribution in [3.05, 3.63) is 193 Å². The predicted octanol–water partition coefficient (Wildman–Crippen LogP) is 15.5. The predicted molar refractivity (Wildman–Crippen MR) is 262 cm³/mol. The number of rotatable bonds is 4. The lowest BCUT2D eigenvalue weighted by Gasteiger charge is -2.25. The summed E-state index contributed by atoms with van der Waals surface area (Å²) in [5, 5.41) is 9.05. The molecule has 12 aromatic rings. The molecule has 0 fully saturated rings. The molecular formula is C58H42N4O. The molecule has 300 valence electrons. The van der Waals surface area contributed by atoms with Crippen LogP contribution < -0.4 is 0 Å². The van der Waals surface area contributed by atoms with Crippen LogP contribution in [0, 0.1) is 0 Å². The number of aromatic nitrogens is 4. The molecule has 3 heterocycles. The summed E-state index contributed by atoms with van der Waals surface area (Å²) in [6.07, 6.45) is 0. The summed E-state index contributed by atoms with van der Waals surface area (Å²) in [5.74, 6) is 1.72. The highest BCUT2D eigenvalue weighted by atomic mass is 16.3. The van der Waals surface area contributed by atoms with E-state index in [0.29, 0.717) is 17.6 Å². The minimum atomic E-state index is -0.213. The zero-order valence-corrected chi connectivity index (χ0v) is 35.5. The Kier molecular flexibility index (Phi) is 8.25. The third kappa shape index (κ3) is 5.59. The zero-order valence-electron chi connectivity index (χ0n) is 35.5. The Morgan fingerprint density at radius 3 is 1.81 bits per heavy atom. The average molecular weight is 811 g/mol. The summed E-state index contributed by atoms with van der Waals surface area (Å²) in [4.78, 5) is 16.1. The van der Waals surface area contributed by atoms with Crippen molar-refractivity contribution in [2.45, 2.75) is 33.1 Å². The number of fused-ring (bicyclic) bond motifs is 11. The van der Waals surface area contributed by atoms with Crippen LogP contribution in [0.4, 0.5) is 0 Å². The van der Waals surface area contributed by atoms with E-state index in [9.17, 15) is 0 Å². The van der Waals surface area contributed by atoms with Gasteiger partial charge in [-0.3, -0.25) is 4.57 Å². The van der Waals surface area contributed by atoms with Crippen molar-refractivity contribution in [2.75, 3.05) is 0 Å². The Balaban J connectivity index is 0.00000208. The van der Waals surface area contributed by atoms with E-state index >= 15 is 0 Å². The molecule has 1 aliphatic rings. The minimum Gasteiger partial charge on any atom is -0.456 e. The molecule has 1 aliphatic carbocycles. The number of furan rings is 1. The molecule has 3 aromatic heterocycles. The minimum absolute atomic E-state index is 0.213. The van der Waals surface area contributed by atoms with E-state index in [0.717, 1.165) is 76.6 Å². The molecule has 0 saturated carbocycles. The average Bonchev–Trinajstić information content (AvgIpc) is 3.96. The Bertz CT molecular complexity index is 3810. The van der Waals surface area contributed by atoms with E-state index in [-0.39, 0.29) is 5.41 Å². The number of nitrogens with zero attached hydrogens (tertiary/aromatic N) is 4. The lowest BCUT2D eigenvalue weighted by molar-refractivity contribution is 0.662. The fourth-order valence-corrected chi connectivity index (χ4v) is 10.2. The van der Waals surface area contributed by atoms with Gasteiger partial charge in [-0.2, -0.15) is 9.97 Å². The standard InChI is InChI=1S/C56H36N4O.C2H6/c1-56(2)47-23-9-7-17-39(47)42-19-11-20-43(51(42)56)44-21-12-22-45-46-30-35-15-5-6-16-36(35)31-48(46)60(52(44)45)55-58-53(37-26-25-33-13-3-4-14-34(33)29-37)57-54(59-55)38-27-28-41-40-18-8-10-24-49(40)61-50(41)32-38;1-2/h3-32H,1-2H3;1-2H3. The molecule has 9 aromatic carbocycles. The van der Waals surface area contributed by atoms with Crippen LogP contribution in [0.15, 0.2) is 186 Å². The molecule has 13 rings (SSSR count). The molecule has 0 amide bonds. The van der Waals surface area contributed by atoms with E-state index < -0.39 is 0 Å². The molecule has 0 spiro atoms. The van der Waals surface area contributed by atoms with E-state index in [1.165, 1.54) is 33.2 Å². The van der Waals surface area contributed by atoms with Gasteiger partial charge in [0, 0.05) is 43.7 Å². The Hall–Kier alpha value is -7.89. The van der Waals surface area contributed by atoms with Crippen molar-refractivity contribution in [3.8, 4) is 51.0 Å². The number of para-hydroxylation sites is 2. The summed E-state index contributed by atoms with van der Waals surface area (Å²) < 4.78 is 8.69. The second kappa shape index (κ2) is 14.1. The quantitative estimate of drug-likeness (QED) is 0.178.